The Morgan fingerprint density at radius 3 is 2.68 bits per heavy atom. The molecule has 0 unspecified atom stereocenters. The number of carbonyl (C=O) groups excluding carboxylic acids is 1. The van der Waals surface area contributed by atoms with Crippen molar-refractivity contribution in [3.63, 3.8) is 0 Å². The number of nitrogens with zero attached hydrogens (tertiary/aromatic N) is 1. The molecule has 0 fully saturated rings. The van der Waals surface area contributed by atoms with E-state index < -0.39 is 5.97 Å². The number of thiazole rings is 1. The molecule has 0 aliphatic carbocycles. The molecule has 1 aromatic heterocycles. The Bertz CT molecular complexity index is 836. The summed E-state index contributed by atoms with van der Waals surface area (Å²) in [6.07, 6.45) is 0. The molecule has 7 heteroatoms. The van der Waals surface area contributed by atoms with Gasteiger partial charge in [-0.3, -0.25) is 0 Å². The largest absolute Gasteiger partial charge is 0.504 e. The normalized spacial score (nSPS) is 10.2. The maximum absolute atomic E-state index is 11.7. The van der Waals surface area contributed by atoms with Gasteiger partial charge < -0.3 is 19.9 Å². The lowest BCUT2D eigenvalue weighted by molar-refractivity contribution is -0.147. The number of hydrogen-bond donors (Lipinski definition) is 2. The van der Waals surface area contributed by atoms with Gasteiger partial charge in [-0.15, -0.1) is 11.3 Å². The number of rotatable bonds is 7. The molecule has 0 spiro atoms. The van der Waals surface area contributed by atoms with E-state index in [0.29, 0.717) is 5.69 Å². The molecule has 2 aromatic carbocycles. The summed E-state index contributed by atoms with van der Waals surface area (Å²) >= 11 is 1.43. The highest BCUT2D eigenvalue weighted by atomic mass is 32.1. The average molecular weight is 356 g/mol. The topological polar surface area (TPSA) is 80.7 Å². The number of anilines is 2. The molecule has 0 saturated carbocycles. The second-order valence-electron chi connectivity index (χ2n) is 5.05. The fraction of sp³-hybridized carbons (Fsp3) is 0.111. The Hall–Kier alpha value is -3.06. The third kappa shape index (κ3) is 4.95. The highest BCUT2D eigenvalue weighted by molar-refractivity contribution is 7.13. The minimum atomic E-state index is -0.533. The van der Waals surface area contributed by atoms with E-state index in [1.54, 1.807) is 18.2 Å². The zero-order valence-corrected chi connectivity index (χ0v) is 14.0. The Labute approximate surface area is 148 Å². The van der Waals surface area contributed by atoms with Crippen LogP contribution in [0.15, 0.2) is 60.0 Å². The number of carbonyl (C=O) groups is 1. The number of nitrogens with one attached hydrogen (secondary N) is 1. The predicted octanol–water partition coefficient (Wildman–Crippen LogP) is 3.71. The van der Waals surface area contributed by atoms with Gasteiger partial charge in [-0.2, -0.15) is 0 Å². The minimum absolute atomic E-state index is 0.0218. The van der Waals surface area contributed by atoms with Crippen LogP contribution in [0.1, 0.15) is 5.69 Å². The fourth-order valence-corrected chi connectivity index (χ4v) is 2.70. The lowest BCUT2D eigenvalue weighted by Gasteiger charge is -2.07. The minimum Gasteiger partial charge on any atom is -0.504 e. The second-order valence-corrected chi connectivity index (χ2v) is 5.91. The number of phenolic OH excluding ortho intramolecular Hbond substituents is 1. The molecule has 0 bridgehead atoms. The van der Waals surface area contributed by atoms with E-state index in [2.05, 4.69) is 10.3 Å². The van der Waals surface area contributed by atoms with Crippen LogP contribution in [0, 0.1) is 0 Å². The maximum Gasteiger partial charge on any atom is 0.344 e. The zero-order valence-electron chi connectivity index (χ0n) is 13.2. The van der Waals surface area contributed by atoms with Crippen LogP contribution in [-0.2, 0) is 16.1 Å². The van der Waals surface area contributed by atoms with E-state index in [-0.39, 0.29) is 24.7 Å². The molecule has 0 aliphatic rings. The van der Waals surface area contributed by atoms with Gasteiger partial charge in [-0.1, -0.05) is 30.3 Å². The summed E-state index contributed by atoms with van der Waals surface area (Å²) in [5.74, 6) is -0.317. The van der Waals surface area contributed by atoms with Crippen LogP contribution in [0.5, 0.6) is 11.5 Å². The lowest BCUT2D eigenvalue weighted by atomic mass is 10.3. The molecule has 1 heterocycles. The van der Waals surface area contributed by atoms with Crippen LogP contribution in [0.3, 0.4) is 0 Å². The van der Waals surface area contributed by atoms with E-state index >= 15 is 0 Å². The summed E-state index contributed by atoms with van der Waals surface area (Å²) in [5.41, 5.74) is 1.59. The zero-order chi connectivity index (χ0) is 17.5. The number of benzene rings is 2. The van der Waals surface area contributed by atoms with Gasteiger partial charge in [0, 0.05) is 11.1 Å². The van der Waals surface area contributed by atoms with Crippen LogP contribution in [0.25, 0.3) is 0 Å². The van der Waals surface area contributed by atoms with Crippen molar-refractivity contribution in [3.05, 3.63) is 65.7 Å². The van der Waals surface area contributed by atoms with Gasteiger partial charge in [0.05, 0.1) is 5.69 Å². The van der Waals surface area contributed by atoms with Crippen LogP contribution < -0.4 is 10.1 Å². The van der Waals surface area contributed by atoms with Gasteiger partial charge in [-0.25, -0.2) is 9.78 Å². The Balaban J connectivity index is 1.45. The molecular weight excluding hydrogens is 340 g/mol. The van der Waals surface area contributed by atoms with Gasteiger partial charge in [0.15, 0.2) is 23.2 Å². The molecule has 0 aliphatic heterocycles. The lowest BCUT2D eigenvalue weighted by Crippen LogP contribution is -2.14. The number of esters is 1. The number of ether oxygens (including phenoxy) is 2. The molecule has 3 rings (SSSR count). The molecule has 0 radical (unpaired) electrons. The molecule has 2 N–H and O–H groups in total. The third-order valence-electron chi connectivity index (χ3n) is 3.17. The molecule has 128 valence electrons. The van der Waals surface area contributed by atoms with Crippen LogP contribution in [-0.4, -0.2) is 22.7 Å². The van der Waals surface area contributed by atoms with Crippen molar-refractivity contribution in [2.45, 2.75) is 6.61 Å². The first kappa shape index (κ1) is 16.8. The summed E-state index contributed by atoms with van der Waals surface area (Å²) in [4.78, 5) is 16.1. The van der Waals surface area contributed by atoms with Crippen molar-refractivity contribution < 1.29 is 19.4 Å². The molecule has 3 aromatic rings. The number of phenols is 1. The van der Waals surface area contributed by atoms with Gasteiger partial charge in [0.2, 0.25) is 0 Å². The number of aromatic hydroxyl groups is 1. The quantitative estimate of drug-likeness (QED) is 0.628. The third-order valence-corrected chi connectivity index (χ3v) is 3.98. The number of aromatic nitrogens is 1. The van der Waals surface area contributed by atoms with E-state index in [0.717, 1.165) is 10.8 Å². The number of para-hydroxylation sites is 3. The molecule has 0 saturated heterocycles. The van der Waals surface area contributed by atoms with Crippen LogP contribution in [0.2, 0.25) is 0 Å². The predicted molar refractivity (Wildman–Crippen MR) is 95.2 cm³/mol. The molecule has 0 atom stereocenters. The highest BCUT2D eigenvalue weighted by Gasteiger charge is 2.09. The van der Waals surface area contributed by atoms with Crippen LogP contribution >= 0.6 is 11.3 Å². The SMILES string of the molecule is O=C(COc1ccccc1O)OCc1csc(Nc2ccccc2)n1. The Kier molecular flexibility index (Phi) is 5.48. The molecule has 0 amide bonds. The Morgan fingerprint density at radius 2 is 1.88 bits per heavy atom. The van der Waals surface area contributed by atoms with Crippen LogP contribution in [0.4, 0.5) is 10.8 Å². The van der Waals surface area contributed by atoms with Gasteiger partial charge in [-0.05, 0) is 24.3 Å². The van der Waals surface area contributed by atoms with Crippen molar-refractivity contribution >= 4 is 28.1 Å². The average Bonchev–Trinajstić information content (AvgIpc) is 3.07. The summed E-state index contributed by atoms with van der Waals surface area (Å²) < 4.78 is 10.3. The van der Waals surface area contributed by atoms with Gasteiger partial charge >= 0.3 is 5.97 Å². The smallest absolute Gasteiger partial charge is 0.344 e. The number of hydrogen-bond acceptors (Lipinski definition) is 7. The van der Waals surface area contributed by atoms with E-state index in [1.807, 2.05) is 35.7 Å². The van der Waals surface area contributed by atoms with Crippen molar-refractivity contribution in [3.8, 4) is 11.5 Å². The summed E-state index contributed by atoms with van der Waals surface area (Å²) in [7, 11) is 0. The summed E-state index contributed by atoms with van der Waals surface area (Å²) in [5, 5.41) is 15.3. The molecular formula is C18H16N2O4S. The first-order chi connectivity index (χ1) is 12.2. The summed E-state index contributed by atoms with van der Waals surface area (Å²) in [6, 6.07) is 16.1. The van der Waals surface area contributed by atoms with Gasteiger partial charge in [0.25, 0.3) is 0 Å². The van der Waals surface area contributed by atoms with Crippen molar-refractivity contribution in [1.29, 1.82) is 0 Å². The molecule has 6 nitrogen and oxygen atoms in total. The van der Waals surface area contributed by atoms with Gasteiger partial charge in [0.1, 0.15) is 6.61 Å². The first-order valence-corrected chi connectivity index (χ1v) is 8.41. The van der Waals surface area contributed by atoms with E-state index in [4.69, 9.17) is 9.47 Å². The Morgan fingerprint density at radius 1 is 1.12 bits per heavy atom. The summed E-state index contributed by atoms with van der Waals surface area (Å²) in [6.45, 7) is -0.216. The fourth-order valence-electron chi connectivity index (χ4n) is 1.99. The highest BCUT2D eigenvalue weighted by Crippen LogP contribution is 2.24. The van der Waals surface area contributed by atoms with Crippen molar-refractivity contribution in [1.82, 2.24) is 4.98 Å². The molecule has 25 heavy (non-hydrogen) atoms. The monoisotopic (exact) mass is 356 g/mol. The van der Waals surface area contributed by atoms with E-state index in [1.165, 1.54) is 17.4 Å². The van der Waals surface area contributed by atoms with Crippen molar-refractivity contribution in [2.75, 3.05) is 11.9 Å². The first-order valence-electron chi connectivity index (χ1n) is 7.53. The van der Waals surface area contributed by atoms with E-state index in [9.17, 15) is 9.90 Å². The second kappa shape index (κ2) is 8.16. The maximum atomic E-state index is 11.7. The van der Waals surface area contributed by atoms with Crippen molar-refractivity contribution in [2.24, 2.45) is 0 Å². The standard InChI is InChI=1S/C18H16N2O4S/c21-15-8-4-5-9-16(15)23-11-17(22)24-10-14-12-25-18(20-14)19-13-6-2-1-3-7-13/h1-9,12,21H,10-11H2,(H,19,20).